The molecular formula is C7H16O3. The van der Waals surface area contributed by atoms with Gasteiger partial charge in [-0.1, -0.05) is 13.8 Å². The van der Waals surface area contributed by atoms with Crippen molar-refractivity contribution >= 4 is 0 Å². The van der Waals surface area contributed by atoms with Gasteiger partial charge in [-0.25, -0.2) is 0 Å². The summed E-state index contributed by atoms with van der Waals surface area (Å²) in [7, 11) is 0. The molecule has 0 amide bonds. The van der Waals surface area contributed by atoms with Gasteiger partial charge < -0.3 is 14.9 Å². The van der Waals surface area contributed by atoms with Crippen LogP contribution in [-0.4, -0.2) is 22.3 Å². The van der Waals surface area contributed by atoms with Gasteiger partial charge in [0.05, 0.1) is 6.10 Å². The lowest BCUT2D eigenvalue weighted by Gasteiger charge is -2.27. The highest BCUT2D eigenvalue weighted by molar-refractivity contribution is 4.57. The van der Waals surface area contributed by atoms with Gasteiger partial charge in [0, 0.05) is 5.92 Å². The summed E-state index contributed by atoms with van der Waals surface area (Å²) >= 11 is 0. The molecule has 0 atom stereocenters. The Morgan fingerprint density at radius 2 is 1.50 bits per heavy atom. The van der Waals surface area contributed by atoms with Gasteiger partial charge in [0.25, 0.3) is 5.97 Å². The minimum atomic E-state index is -1.98. The lowest BCUT2D eigenvalue weighted by atomic mass is 10.2. The van der Waals surface area contributed by atoms with Crippen LogP contribution in [0.15, 0.2) is 0 Å². The molecule has 0 fully saturated rings. The number of aliphatic hydroxyl groups is 2. The van der Waals surface area contributed by atoms with E-state index < -0.39 is 5.97 Å². The third-order valence-electron chi connectivity index (χ3n) is 1.16. The average molecular weight is 148 g/mol. The van der Waals surface area contributed by atoms with Crippen LogP contribution in [0.25, 0.3) is 0 Å². The van der Waals surface area contributed by atoms with Crippen LogP contribution in [0.3, 0.4) is 0 Å². The molecule has 0 radical (unpaired) electrons. The van der Waals surface area contributed by atoms with Crippen molar-refractivity contribution in [2.45, 2.75) is 39.8 Å². The Morgan fingerprint density at radius 3 is 1.60 bits per heavy atom. The van der Waals surface area contributed by atoms with E-state index in [0.717, 1.165) is 0 Å². The van der Waals surface area contributed by atoms with Crippen LogP contribution in [0.1, 0.15) is 27.7 Å². The SMILES string of the molecule is CC(C)OC(O)(O)C(C)C. The molecule has 0 aliphatic heterocycles. The van der Waals surface area contributed by atoms with Crippen molar-refractivity contribution < 1.29 is 14.9 Å². The van der Waals surface area contributed by atoms with Gasteiger partial charge in [0.15, 0.2) is 0 Å². The maximum atomic E-state index is 9.10. The number of hydrogen-bond acceptors (Lipinski definition) is 3. The van der Waals surface area contributed by atoms with Gasteiger partial charge in [-0.2, -0.15) is 0 Å². The van der Waals surface area contributed by atoms with Crippen molar-refractivity contribution in [2.24, 2.45) is 5.92 Å². The van der Waals surface area contributed by atoms with Crippen molar-refractivity contribution in [2.75, 3.05) is 0 Å². The van der Waals surface area contributed by atoms with Crippen LogP contribution in [0.2, 0.25) is 0 Å². The molecular weight excluding hydrogens is 132 g/mol. The Bertz CT molecular complexity index is 97.0. The summed E-state index contributed by atoms with van der Waals surface area (Å²) in [5.74, 6) is -2.29. The van der Waals surface area contributed by atoms with Gasteiger partial charge in [-0.3, -0.25) is 0 Å². The van der Waals surface area contributed by atoms with Crippen molar-refractivity contribution in [3.8, 4) is 0 Å². The van der Waals surface area contributed by atoms with E-state index in [1.807, 2.05) is 0 Å². The Labute approximate surface area is 61.6 Å². The summed E-state index contributed by atoms with van der Waals surface area (Å²) < 4.78 is 4.81. The van der Waals surface area contributed by atoms with Crippen LogP contribution in [-0.2, 0) is 4.74 Å². The number of rotatable bonds is 3. The normalized spacial score (nSPS) is 13.2. The summed E-state index contributed by atoms with van der Waals surface area (Å²) in [5, 5.41) is 18.2. The highest BCUT2D eigenvalue weighted by atomic mass is 16.8. The maximum Gasteiger partial charge on any atom is 0.280 e. The first-order chi connectivity index (χ1) is 4.36. The van der Waals surface area contributed by atoms with E-state index in [1.54, 1.807) is 27.7 Å². The summed E-state index contributed by atoms with van der Waals surface area (Å²) in [5.41, 5.74) is 0. The zero-order valence-electron chi connectivity index (χ0n) is 6.96. The minimum Gasteiger partial charge on any atom is -0.343 e. The lowest BCUT2D eigenvalue weighted by molar-refractivity contribution is -0.371. The molecule has 10 heavy (non-hydrogen) atoms. The standard InChI is InChI=1S/C7H16O3/c1-5(2)7(8,9)10-6(3)4/h5-6,8-9H,1-4H3. The Kier molecular flexibility index (Phi) is 3.28. The van der Waals surface area contributed by atoms with Gasteiger partial charge in [-0.15, -0.1) is 0 Å². The Hall–Kier alpha value is -0.120. The topological polar surface area (TPSA) is 49.7 Å². The van der Waals surface area contributed by atoms with E-state index in [2.05, 4.69) is 0 Å². The molecule has 62 valence electrons. The third kappa shape index (κ3) is 3.15. The van der Waals surface area contributed by atoms with E-state index in [4.69, 9.17) is 14.9 Å². The maximum absolute atomic E-state index is 9.10. The van der Waals surface area contributed by atoms with Gasteiger partial charge in [0.1, 0.15) is 0 Å². The van der Waals surface area contributed by atoms with E-state index in [1.165, 1.54) is 0 Å². The molecule has 0 spiro atoms. The second kappa shape index (κ2) is 3.32. The highest BCUT2D eigenvalue weighted by Gasteiger charge is 2.29. The van der Waals surface area contributed by atoms with Crippen LogP contribution < -0.4 is 0 Å². The number of ether oxygens (including phenoxy) is 1. The van der Waals surface area contributed by atoms with Crippen LogP contribution in [0.4, 0.5) is 0 Å². The Morgan fingerprint density at radius 1 is 1.10 bits per heavy atom. The van der Waals surface area contributed by atoms with Crippen LogP contribution in [0, 0.1) is 5.92 Å². The second-order valence-corrected chi connectivity index (χ2v) is 2.98. The number of hydrogen-bond donors (Lipinski definition) is 2. The van der Waals surface area contributed by atoms with Crippen molar-refractivity contribution in [1.82, 2.24) is 0 Å². The second-order valence-electron chi connectivity index (χ2n) is 2.98. The van der Waals surface area contributed by atoms with E-state index >= 15 is 0 Å². The van der Waals surface area contributed by atoms with Crippen molar-refractivity contribution in [1.29, 1.82) is 0 Å². The predicted molar refractivity (Wildman–Crippen MR) is 38.2 cm³/mol. The van der Waals surface area contributed by atoms with E-state index in [-0.39, 0.29) is 12.0 Å². The summed E-state index contributed by atoms with van der Waals surface area (Å²) in [6.45, 7) is 6.87. The molecule has 0 rings (SSSR count). The van der Waals surface area contributed by atoms with Crippen LogP contribution >= 0.6 is 0 Å². The van der Waals surface area contributed by atoms with E-state index in [9.17, 15) is 0 Å². The lowest BCUT2D eigenvalue weighted by Crippen LogP contribution is -2.39. The monoisotopic (exact) mass is 148 g/mol. The molecule has 0 bridgehead atoms. The fourth-order valence-electron chi connectivity index (χ4n) is 0.483. The van der Waals surface area contributed by atoms with Gasteiger partial charge in [-0.05, 0) is 13.8 Å². The minimum absolute atomic E-state index is 0.169. The van der Waals surface area contributed by atoms with Crippen molar-refractivity contribution in [3.05, 3.63) is 0 Å². The van der Waals surface area contributed by atoms with Crippen LogP contribution in [0.5, 0.6) is 0 Å². The molecule has 0 aromatic carbocycles. The van der Waals surface area contributed by atoms with E-state index in [0.29, 0.717) is 0 Å². The van der Waals surface area contributed by atoms with Gasteiger partial charge >= 0.3 is 0 Å². The largest absolute Gasteiger partial charge is 0.343 e. The first-order valence-electron chi connectivity index (χ1n) is 3.49. The molecule has 0 aromatic rings. The molecule has 0 aliphatic carbocycles. The summed E-state index contributed by atoms with van der Waals surface area (Å²) in [6, 6.07) is 0. The smallest absolute Gasteiger partial charge is 0.280 e. The molecule has 3 heteroatoms. The molecule has 3 nitrogen and oxygen atoms in total. The fraction of sp³-hybridized carbons (Fsp3) is 1.00. The quantitative estimate of drug-likeness (QED) is 0.579. The van der Waals surface area contributed by atoms with Gasteiger partial charge in [0.2, 0.25) is 0 Å². The third-order valence-corrected chi connectivity index (χ3v) is 1.16. The fourth-order valence-corrected chi connectivity index (χ4v) is 0.483. The molecule has 2 N–H and O–H groups in total. The van der Waals surface area contributed by atoms with Crippen molar-refractivity contribution in [3.63, 3.8) is 0 Å². The first-order valence-corrected chi connectivity index (χ1v) is 3.49. The summed E-state index contributed by atoms with van der Waals surface area (Å²) in [6.07, 6.45) is -0.169. The molecule has 0 saturated heterocycles. The molecule has 0 aliphatic rings. The molecule has 0 unspecified atom stereocenters. The molecule has 0 saturated carbocycles. The highest BCUT2D eigenvalue weighted by Crippen LogP contribution is 2.16. The first kappa shape index (κ1) is 9.88. The molecule has 0 heterocycles. The average Bonchev–Trinajstić information content (AvgIpc) is 1.60. The Balaban J connectivity index is 3.87. The predicted octanol–water partition coefficient (Wildman–Crippen LogP) is 0.706. The summed E-state index contributed by atoms with van der Waals surface area (Å²) in [4.78, 5) is 0. The zero-order chi connectivity index (χ0) is 8.36. The zero-order valence-corrected chi connectivity index (χ0v) is 6.96. The molecule has 0 aromatic heterocycles.